The van der Waals surface area contributed by atoms with Crippen LogP contribution >= 0.6 is 0 Å². The SMILES string of the molecule is COCCNc1nc(NCC2CCC(CNS(=O)(=O)c3cc(C(F)(F)F)cc(C(F)(F)F)c3)CC2)nc2ccccc12. The Balaban J connectivity index is 1.33. The molecule has 3 aromatic rings. The van der Waals surface area contributed by atoms with E-state index >= 15 is 0 Å². The number of para-hydroxylation sites is 1. The van der Waals surface area contributed by atoms with Crippen molar-refractivity contribution < 1.29 is 39.5 Å². The smallest absolute Gasteiger partial charge is 0.383 e. The van der Waals surface area contributed by atoms with E-state index in [1.54, 1.807) is 7.11 Å². The van der Waals surface area contributed by atoms with Crippen LogP contribution in [-0.4, -0.2) is 51.7 Å². The fourth-order valence-corrected chi connectivity index (χ4v) is 6.02. The summed E-state index contributed by atoms with van der Waals surface area (Å²) in [7, 11) is -3.00. The maximum absolute atomic E-state index is 13.2. The van der Waals surface area contributed by atoms with Crippen LogP contribution in [0.15, 0.2) is 47.4 Å². The average Bonchev–Trinajstić information content (AvgIpc) is 2.94. The number of hydrogen-bond donors (Lipinski definition) is 3. The molecule has 15 heteroatoms. The van der Waals surface area contributed by atoms with Gasteiger partial charge in [0.05, 0.1) is 28.1 Å². The lowest BCUT2D eigenvalue weighted by Gasteiger charge is -2.28. The van der Waals surface area contributed by atoms with Crippen LogP contribution in [0.5, 0.6) is 0 Å². The van der Waals surface area contributed by atoms with Gasteiger partial charge in [-0.15, -0.1) is 0 Å². The van der Waals surface area contributed by atoms with Crippen molar-refractivity contribution in [1.29, 1.82) is 0 Å². The Hall–Kier alpha value is -3.17. The standard InChI is InChI=1S/C27H31F6N5O3S/c1-41-11-10-34-24-22-4-2-3-5-23(22)37-25(38-24)35-15-17-6-8-18(9-7-17)16-36-42(39,40)21-13-19(26(28,29)30)12-20(14-21)27(31,32)33/h2-5,12-14,17-18,36H,6-11,15-16H2,1H3,(H2,34,35,37,38). The van der Waals surface area contributed by atoms with E-state index in [2.05, 4.69) is 25.3 Å². The fourth-order valence-electron chi connectivity index (χ4n) is 4.83. The lowest BCUT2D eigenvalue weighted by Crippen LogP contribution is -2.32. The third kappa shape index (κ3) is 8.22. The van der Waals surface area contributed by atoms with E-state index in [9.17, 15) is 34.8 Å². The number of aromatic nitrogens is 2. The lowest BCUT2D eigenvalue weighted by atomic mass is 9.82. The number of alkyl halides is 6. The predicted octanol–water partition coefficient (Wildman–Crippen LogP) is 5.92. The number of halogens is 6. The van der Waals surface area contributed by atoms with Crippen molar-refractivity contribution in [3.05, 3.63) is 53.6 Å². The van der Waals surface area contributed by atoms with Crippen molar-refractivity contribution in [3.8, 4) is 0 Å². The van der Waals surface area contributed by atoms with Gasteiger partial charge in [-0.3, -0.25) is 0 Å². The van der Waals surface area contributed by atoms with Crippen LogP contribution in [0, 0.1) is 11.8 Å². The normalized spacial score (nSPS) is 18.3. The van der Waals surface area contributed by atoms with Crippen molar-refractivity contribution >= 4 is 32.7 Å². The molecule has 0 bridgehead atoms. The van der Waals surface area contributed by atoms with Crippen molar-refractivity contribution in [2.45, 2.75) is 42.9 Å². The number of anilines is 2. The van der Waals surface area contributed by atoms with Crippen LogP contribution in [0.25, 0.3) is 10.9 Å². The molecule has 0 aliphatic heterocycles. The number of nitrogens with zero attached hydrogens (tertiary/aromatic N) is 2. The summed E-state index contributed by atoms with van der Waals surface area (Å²) in [6.07, 6.45) is -7.53. The summed E-state index contributed by atoms with van der Waals surface area (Å²) in [6.45, 7) is 1.57. The van der Waals surface area contributed by atoms with Gasteiger partial charge in [0, 0.05) is 32.1 Å². The minimum Gasteiger partial charge on any atom is -0.383 e. The van der Waals surface area contributed by atoms with Crippen molar-refractivity contribution in [3.63, 3.8) is 0 Å². The number of rotatable bonds is 11. The summed E-state index contributed by atoms with van der Waals surface area (Å²) in [5.41, 5.74) is -2.59. The maximum atomic E-state index is 13.2. The maximum Gasteiger partial charge on any atom is 0.416 e. The highest BCUT2D eigenvalue weighted by Crippen LogP contribution is 2.37. The monoisotopic (exact) mass is 619 g/mol. The third-order valence-corrected chi connectivity index (χ3v) is 8.55. The van der Waals surface area contributed by atoms with Gasteiger partial charge >= 0.3 is 12.4 Å². The minimum atomic E-state index is -5.14. The zero-order valence-electron chi connectivity index (χ0n) is 22.6. The van der Waals surface area contributed by atoms with Gasteiger partial charge in [-0.2, -0.15) is 31.3 Å². The molecule has 0 amide bonds. The van der Waals surface area contributed by atoms with E-state index in [0.29, 0.717) is 44.3 Å². The van der Waals surface area contributed by atoms with Gasteiger partial charge in [0.2, 0.25) is 16.0 Å². The van der Waals surface area contributed by atoms with Gasteiger partial charge < -0.3 is 15.4 Å². The summed E-state index contributed by atoms with van der Waals surface area (Å²) in [4.78, 5) is 8.10. The number of nitrogens with one attached hydrogen (secondary N) is 3. The molecule has 3 N–H and O–H groups in total. The van der Waals surface area contributed by atoms with Crippen LogP contribution in [-0.2, 0) is 27.1 Å². The molecular formula is C27H31F6N5O3S. The molecule has 1 heterocycles. The molecule has 1 saturated carbocycles. The second kappa shape index (κ2) is 13.0. The highest BCUT2D eigenvalue weighted by Gasteiger charge is 2.38. The zero-order valence-corrected chi connectivity index (χ0v) is 23.5. The molecule has 230 valence electrons. The molecule has 0 spiro atoms. The zero-order chi connectivity index (χ0) is 30.5. The Morgan fingerprint density at radius 2 is 1.45 bits per heavy atom. The van der Waals surface area contributed by atoms with Crippen molar-refractivity contribution in [2.75, 3.05) is 44.0 Å². The highest BCUT2D eigenvalue weighted by molar-refractivity contribution is 7.89. The average molecular weight is 620 g/mol. The Morgan fingerprint density at radius 3 is 2.05 bits per heavy atom. The predicted molar refractivity (Wildman–Crippen MR) is 145 cm³/mol. The molecule has 1 aliphatic rings. The number of fused-ring (bicyclic) bond motifs is 1. The minimum absolute atomic E-state index is 0.0929. The summed E-state index contributed by atoms with van der Waals surface area (Å²) in [5, 5.41) is 7.40. The molecular weight excluding hydrogens is 588 g/mol. The summed E-state index contributed by atoms with van der Waals surface area (Å²) >= 11 is 0. The quantitative estimate of drug-likeness (QED) is 0.181. The Labute approximate surface area is 239 Å². The lowest BCUT2D eigenvalue weighted by molar-refractivity contribution is -0.143. The molecule has 42 heavy (non-hydrogen) atoms. The van der Waals surface area contributed by atoms with Crippen molar-refractivity contribution in [1.82, 2.24) is 14.7 Å². The van der Waals surface area contributed by atoms with Crippen LogP contribution in [0.2, 0.25) is 0 Å². The molecule has 4 rings (SSSR count). The summed E-state index contributed by atoms with van der Waals surface area (Å²) < 4.78 is 112. The molecule has 0 unspecified atom stereocenters. The molecule has 2 aromatic carbocycles. The second-order valence-electron chi connectivity index (χ2n) is 10.2. The summed E-state index contributed by atoms with van der Waals surface area (Å²) in [6, 6.07) is 7.93. The largest absolute Gasteiger partial charge is 0.416 e. The van der Waals surface area contributed by atoms with Gasteiger partial charge in [-0.25, -0.2) is 18.1 Å². The molecule has 0 atom stereocenters. The molecule has 1 aliphatic carbocycles. The molecule has 1 fully saturated rings. The van der Waals surface area contributed by atoms with E-state index in [-0.39, 0.29) is 36.6 Å². The highest BCUT2D eigenvalue weighted by atomic mass is 32.2. The van der Waals surface area contributed by atoms with Gasteiger partial charge in [0.1, 0.15) is 5.82 Å². The van der Waals surface area contributed by atoms with E-state index < -0.39 is 38.4 Å². The van der Waals surface area contributed by atoms with Crippen molar-refractivity contribution in [2.24, 2.45) is 11.8 Å². The Morgan fingerprint density at radius 1 is 0.857 bits per heavy atom. The topological polar surface area (TPSA) is 105 Å². The Bertz CT molecular complexity index is 1440. The van der Waals surface area contributed by atoms with E-state index in [1.165, 1.54) is 0 Å². The first-order valence-corrected chi connectivity index (χ1v) is 14.8. The van der Waals surface area contributed by atoms with Crippen LogP contribution in [0.4, 0.5) is 38.1 Å². The van der Waals surface area contributed by atoms with Gasteiger partial charge in [-0.05, 0) is 67.9 Å². The number of ether oxygens (including phenoxy) is 1. The Kier molecular flexibility index (Phi) is 9.83. The summed E-state index contributed by atoms with van der Waals surface area (Å²) in [5.74, 6) is 1.27. The van der Waals surface area contributed by atoms with Gasteiger partial charge in [0.25, 0.3) is 0 Å². The molecule has 0 radical (unpaired) electrons. The number of methoxy groups -OCH3 is 1. The van der Waals surface area contributed by atoms with E-state index in [4.69, 9.17) is 4.74 Å². The van der Waals surface area contributed by atoms with Gasteiger partial charge in [-0.1, -0.05) is 12.1 Å². The third-order valence-electron chi connectivity index (χ3n) is 7.15. The fraction of sp³-hybridized carbons (Fsp3) is 0.481. The van der Waals surface area contributed by atoms with E-state index in [0.717, 1.165) is 23.7 Å². The van der Waals surface area contributed by atoms with Crippen LogP contribution < -0.4 is 15.4 Å². The van der Waals surface area contributed by atoms with E-state index in [1.807, 2.05) is 24.3 Å². The number of hydrogen-bond acceptors (Lipinski definition) is 7. The van der Waals surface area contributed by atoms with Gasteiger partial charge in [0.15, 0.2) is 0 Å². The number of sulfonamides is 1. The van der Waals surface area contributed by atoms with Crippen LogP contribution in [0.1, 0.15) is 36.8 Å². The first kappa shape index (κ1) is 31.8. The second-order valence-corrected chi connectivity index (χ2v) is 12.0. The first-order valence-electron chi connectivity index (χ1n) is 13.3. The molecule has 8 nitrogen and oxygen atoms in total. The number of benzene rings is 2. The molecule has 0 saturated heterocycles. The molecule has 1 aromatic heterocycles. The van der Waals surface area contributed by atoms with Crippen LogP contribution in [0.3, 0.4) is 0 Å². The first-order chi connectivity index (χ1) is 19.8.